The van der Waals surface area contributed by atoms with Gasteiger partial charge >= 0.3 is 0 Å². The van der Waals surface area contributed by atoms with E-state index in [1.165, 1.54) is 16.8 Å². The van der Waals surface area contributed by atoms with E-state index < -0.39 is 0 Å². The van der Waals surface area contributed by atoms with Crippen LogP contribution >= 0.6 is 0 Å². The summed E-state index contributed by atoms with van der Waals surface area (Å²) in [6, 6.07) is 8.48. The molecule has 1 aromatic carbocycles. The number of rotatable bonds is 4. The van der Waals surface area contributed by atoms with Crippen LogP contribution < -0.4 is 20.3 Å². The SMILES string of the molecule is Cc1cc(=O)[nH]c(-n2nc(C)cc2NC(=O)/C=C/c2ccc3c(c2)OCO3)n1. The third-order valence-electron chi connectivity index (χ3n) is 3.96. The summed E-state index contributed by atoms with van der Waals surface area (Å²) in [6.07, 6.45) is 3.06. The molecule has 142 valence electrons. The first kappa shape index (κ1) is 17.5. The van der Waals surface area contributed by atoms with Gasteiger partial charge in [-0.2, -0.15) is 9.78 Å². The number of H-pyrrole nitrogens is 1. The zero-order valence-corrected chi connectivity index (χ0v) is 15.2. The van der Waals surface area contributed by atoms with Gasteiger partial charge in [-0.25, -0.2) is 4.98 Å². The van der Waals surface area contributed by atoms with Gasteiger partial charge < -0.3 is 14.8 Å². The van der Waals surface area contributed by atoms with Crippen molar-refractivity contribution in [2.75, 3.05) is 12.1 Å². The first-order valence-corrected chi connectivity index (χ1v) is 8.52. The Morgan fingerprint density at radius 1 is 1.18 bits per heavy atom. The van der Waals surface area contributed by atoms with E-state index in [-0.39, 0.29) is 24.2 Å². The number of nitrogens with zero attached hydrogens (tertiary/aromatic N) is 3. The fraction of sp³-hybridized carbons (Fsp3) is 0.158. The number of amides is 1. The number of anilines is 1. The minimum Gasteiger partial charge on any atom is -0.454 e. The third kappa shape index (κ3) is 3.63. The number of hydrogen-bond acceptors (Lipinski definition) is 6. The molecule has 0 bridgehead atoms. The number of hydrogen-bond donors (Lipinski definition) is 2. The molecule has 1 amide bonds. The lowest BCUT2D eigenvalue weighted by molar-refractivity contribution is -0.111. The summed E-state index contributed by atoms with van der Waals surface area (Å²) < 4.78 is 12.0. The second-order valence-corrected chi connectivity index (χ2v) is 6.23. The van der Waals surface area contributed by atoms with E-state index in [1.807, 2.05) is 6.07 Å². The second-order valence-electron chi connectivity index (χ2n) is 6.23. The number of fused-ring (bicyclic) bond motifs is 1. The van der Waals surface area contributed by atoms with Gasteiger partial charge in [-0.15, -0.1) is 0 Å². The Kier molecular flexibility index (Phi) is 4.40. The molecule has 1 aliphatic rings. The van der Waals surface area contributed by atoms with E-state index >= 15 is 0 Å². The van der Waals surface area contributed by atoms with Crippen molar-refractivity contribution in [3.8, 4) is 17.4 Å². The molecule has 0 saturated heterocycles. The predicted octanol–water partition coefficient (Wildman–Crippen LogP) is 1.95. The van der Waals surface area contributed by atoms with Crippen molar-refractivity contribution in [3.63, 3.8) is 0 Å². The lowest BCUT2D eigenvalue weighted by Crippen LogP contribution is -2.17. The topological polar surface area (TPSA) is 111 Å². The van der Waals surface area contributed by atoms with Gasteiger partial charge in [-0.05, 0) is 37.6 Å². The Bertz CT molecular complexity index is 1150. The van der Waals surface area contributed by atoms with Gasteiger partial charge in [0.1, 0.15) is 5.82 Å². The minimum absolute atomic E-state index is 0.196. The van der Waals surface area contributed by atoms with Crippen LogP contribution in [0.25, 0.3) is 12.0 Å². The van der Waals surface area contributed by atoms with Gasteiger partial charge in [0.25, 0.3) is 5.56 Å². The van der Waals surface area contributed by atoms with Gasteiger partial charge in [0, 0.05) is 23.9 Å². The van der Waals surface area contributed by atoms with E-state index in [0.717, 1.165) is 5.56 Å². The van der Waals surface area contributed by atoms with Crippen molar-refractivity contribution in [3.05, 3.63) is 63.7 Å². The smallest absolute Gasteiger partial charge is 0.252 e. The van der Waals surface area contributed by atoms with E-state index in [2.05, 4.69) is 20.4 Å². The van der Waals surface area contributed by atoms with Gasteiger partial charge in [0.05, 0.1) is 5.69 Å². The predicted molar refractivity (Wildman–Crippen MR) is 102 cm³/mol. The molecule has 2 aromatic heterocycles. The number of aryl methyl sites for hydroxylation is 2. The maximum Gasteiger partial charge on any atom is 0.252 e. The highest BCUT2D eigenvalue weighted by Gasteiger charge is 2.14. The number of aromatic nitrogens is 4. The number of carbonyl (C=O) groups excluding carboxylic acids is 1. The van der Waals surface area contributed by atoms with Crippen LogP contribution in [0.2, 0.25) is 0 Å². The number of nitrogens with one attached hydrogen (secondary N) is 2. The first-order chi connectivity index (χ1) is 13.5. The van der Waals surface area contributed by atoms with Crippen molar-refractivity contribution < 1.29 is 14.3 Å². The molecule has 0 aliphatic carbocycles. The molecule has 0 fully saturated rings. The largest absolute Gasteiger partial charge is 0.454 e. The van der Waals surface area contributed by atoms with E-state index in [1.54, 1.807) is 38.1 Å². The lowest BCUT2D eigenvalue weighted by Gasteiger charge is -2.07. The van der Waals surface area contributed by atoms with Gasteiger partial charge in [0.2, 0.25) is 18.6 Å². The Hall–Kier alpha value is -3.88. The molecule has 0 atom stereocenters. The van der Waals surface area contributed by atoms with Crippen molar-refractivity contribution >= 4 is 17.8 Å². The summed E-state index contributed by atoms with van der Waals surface area (Å²) in [5.41, 5.74) is 1.72. The van der Waals surface area contributed by atoms with Crippen LogP contribution in [0, 0.1) is 13.8 Å². The van der Waals surface area contributed by atoms with Crippen LogP contribution in [0.1, 0.15) is 17.0 Å². The van der Waals surface area contributed by atoms with Crippen molar-refractivity contribution in [2.24, 2.45) is 0 Å². The molecular weight excluding hydrogens is 362 g/mol. The average Bonchev–Trinajstić information content (AvgIpc) is 3.25. The molecule has 2 N–H and O–H groups in total. The number of ether oxygens (including phenoxy) is 2. The molecule has 3 heterocycles. The molecule has 9 nitrogen and oxygen atoms in total. The molecular formula is C19H17N5O4. The van der Waals surface area contributed by atoms with Crippen LogP contribution in [0.5, 0.6) is 11.5 Å². The first-order valence-electron chi connectivity index (χ1n) is 8.52. The van der Waals surface area contributed by atoms with E-state index in [0.29, 0.717) is 28.7 Å². The zero-order chi connectivity index (χ0) is 19.7. The summed E-state index contributed by atoms with van der Waals surface area (Å²) in [7, 11) is 0. The maximum atomic E-state index is 12.4. The molecule has 0 saturated carbocycles. The fourth-order valence-corrected chi connectivity index (χ4v) is 2.77. The molecule has 1 aliphatic heterocycles. The van der Waals surface area contributed by atoms with Crippen molar-refractivity contribution in [2.45, 2.75) is 13.8 Å². The highest BCUT2D eigenvalue weighted by atomic mass is 16.7. The molecule has 28 heavy (non-hydrogen) atoms. The molecule has 0 radical (unpaired) electrons. The zero-order valence-electron chi connectivity index (χ0n) is 15.2. The number of benzene rings is 1. The molecule has 0 spiro atoms. The van der Waals surface area contributed by atoms with Crippen LogP contribution in [0.4, 0.5) is 5.82 Å². The van der Waals surface area contributed by atoms with Crippen molar-refractivity contribution in [1.82, 2.24) is 19.7 Å². The van der Waals surface area contributed by atoms with Gasteiger partial charge in [0.15, 0.2) is 11.5 Å². The summed E-state index contributed by atoms with van der Waals surface area (Å²) in [4.78, 5) is 30.9. The Morgan fingerprint density at radius 2 is 2.00 bits per heavy atom. The molecule has 0 unspecified atom stereocenters. The summed E-state index contributed by atoms with van der Waals surface area (Å²) >= 11 is 0. The Labute approximate surface area is 159 Å². The minimum atomic E-state index is -0.353. The highest BCUT2D eigenvalue weighted by molar-refractivity contribution is 6.01. The maximum absolute atomic E-state index is 12.4. The second kappa shape index (κ2) is 7.03. The molecule has 3 aromatic rings. The highest BCUT2D eigenvalue weighted by Crippen LogP contribution is 2.32. The van der Waals surface area contributed by atoms with Crippen LogP contribution in [0.3, 0.4) is 0 Å². The third-order valence-corrected chi connectivity index (χ3v) is 3.96. The van der Waals surface area contributed by atoms with Gasteiger partial charge in [-0.3, -0.25) is 14.6 Å². The summed E-state index contributed by atoms with van der Waals surface area (Å²) in [5, 5.41) is 7.04. The molecule has 4 rings (SSSR count). The summed E-state index contributed by atoms with van der Waals surface area (Å²) in [5.74, 6) is 1.60. The standard InChI is InChI=1S/C19H17N5O4/c1-11-8-18(26)22-19(20-11)24-16(7-12(2)23-24)21-17(25)6-4-13-3-5-14-15(9-13)28-10-27-14/h3-9H,10H2,1-2H3,(H,21,25)(H,20,22,26)/b6-4+. The monoisotopic (exact) mass is 379 g/mol. The van der Waals surface area contributed by atoms with Crippen LogP contribution in [-0.4, -0.2) is 32.4 Å². The number of aromatic amines is 1. The number of carbonyl (C=O) groups is 1. The van der Waals surface area contributed by atoms with E-state index in [9.17, 15) is 9.59 Å². The van der Waals surface area contributed by atoms with Crippen molar-refractivity contribution in [1.29, 1.82) is 0 Å². The quantitative estimate of drug-likeness (QED) is 0.671. The Balaban J connectivity index is 1.54. The molecule has 9 heteroatoms. The fourth-order valence-electron chi connectivity index (χ4n) is 2.77. The lowest BCUT2D eigenvalue weighted by atomic mass is 10.2. The average molecular weight is 379 g/mol. The van der Waals surface area contributed by atoms with Crippen LogP contribution in [-0.2, 0) is 4.79 Å². The normalized spacial score (nSPS) is 12.5. The Morgan fingerprint density at radius 3 is 2.82 bits per heavy atom. The van der Waals surface area contributed by atoms with Gasteiger partial charge in [-0.1, -0.05) is 6.07 Å². The van der Waals surface area contributed by atoms with E-state index in [4.69, 9.17) is 9.47 Å². The summed E-state index contributed by atoms with van der Waals surface area (Å²) in [6.45, 7) is 3.69. The van der Waals surface area contributed by atoms with Crippen LogP contribution in [0.15, 0.2) is 41.2 Å².